The van der Waals surface area contributed by atoms with Crippen molar-refractivity contribution >= 4 is 68.6 Å². The van der Waals surface area contributed by atoms with Crippen LogP contribution in [0, 0.1) is 10.1 Å². The normalized spacial score (nSPS) is 11.1. The fourth-order valence-electron chi connectivity index (χ4n) is 3.37. The summed E-state index contributed by atoms with van der Waals surface area (Å²) in [5.74, 6) is 0. The van der Waals surface area contributed by atoms with E-state index in [0.717, 1.165) is 12.5 Å². The molecule has 0 amide bonds. The molecule has 8 heteroatoms. The molecule has 3 aromatic carbocycles. The summed E-state index contributed by atoms with van der Waals surface area (Å²) in [6.07, 6.45) is 3.27. The van der Waals surface area contributed by atoms with Crippen molar-refractivity contribution in [2.24, 2.45) is 0 Å². The minimum absolute atomic E-state index is 0.0635. The van der Waals surface area contributed by atoms with Crippen molar-refractivity contribution in [3.8, 4) is 0 Å². The molecule has 0 aliphatic heterocycles. The van der Waals surface area contributed by atoms with Crippen LogP contribution in [0.15, 0.2) is 103 Å². The van der Waals surface area contributed by atoms with E-state index >= 15 is 0 Å². The van der Waals surface area contributed by atoms with Gasteiger partial charge in [-0.3, -0.25) is 20.1 Å². The zero-order valence-corrected chi connectivity index (χ0v) is 21.1. The van der Waals surface area contributed by atoms with Gasteiger partial charge in [0.05, 0.1) is 15.8 Å². The van der Waals surface area contributed by atoms with Gasteiger partial charge in [0.15, 0.2) is 0 Å². The Morgan fingerprint density at radius 2 is 1.25 bits per heavy atom. The van der Waals surface area contributed by atoms with E-state index in [1.807, 2.05) is 60.7 Å². The molecule has 0 spiro atoms. The first-order chi connectivity index (χ1) is 15.5. The average molecular weight is 569 g/mol. The van der Waals surface area contributed by atoms with Gasteiger partial charge in [-0.15, -0.1) is 0 Å². The molecule has 0 atom stereocenters. The Labute approximate surface area is 196 Å². The Hall–Kier alpha value is -2.74. The van der Waals surface area contributed by atoms with Crippen LogP contribution in [0.4, 0.5) is 5.69 Å². The second-order valence-corrected chi connectivity index (χ2v) is 22.4. The van der Waals surface area contributed by atoms with E-state index in [4.69, 9.17) is 17.8 Å². The standard InChI is InChI=1S/C12H7N3O2.2C6H5.2ClH.Sn/c16-15(17)10-7-8-3-1-5-13-11(8)12-9(10)4-2-6-14-12;2*1-2-4-6-5-3-1;;;/h1-7H;2*1-5H;2*1H;/q;;;;;+2/p-2. The summed E-state index contributed by atoms with van der Waals surface area (Å²) < 4.78 is 2.20. The van der Waals surface area contributed by atoms with E-state index in [1.54, 1.807) is 36.7 Å². The van der Waals surface area contributed by atoms with Crippen molar-refractivity contribution in [1.82, 2.24) is 9.97 Å². The monoisotopic (exact) mass is 569 g/mol. The van der Waals surface area contributed by atoms with Crippen molar-refractivity contribution in [2.45, 2.75) is 0 Å². The van der Waals surface area contributed by atoms with Gasteiger partial charge >= 0.3 is 102 Å². The number of aromatic nitrogens is 2. The van der Waals surface area contributed by atoms with E-state index in [2.05, 4.69) is 9.97 Å². The zero-order valence-electron chi connectivity index (χ0n) is 16.7. The molecular formula is C24H17Cl2N3O2Sn. The van der Waals surface area contributed by atoms with E-state index < -0.39 is 21.0 Å². The molecule has 0 bridgehead atoms. The third-order valence-corrected chi connectivity index (χ3v) is 16.8. The maximum atomic E-state index is 11.0. The van der Waals surface area contributed by atoms with E-state index in [9.17, 15) is 10.1 Å². The predicted molar refractivity (Wildman–Crippen MR) is 133 cm³/mol. The Morgan fingerprint density at radius 3 is 1.81 bits per heavy atom. The summed E-state index contributed by atoms with van der Waals surface area (Å²) in [5.41, 5.74) is 1.32. The number of non-ortho nitro benzene ring substituents is 1. The van der Waals surface area contributed by atoms with Gasteiger partial charge in [-0.1, -0.05) is 6.07 Å². The first-order valence-electron chi connectivity index (χ1n) is 9.74. The summed E-state index contributed by atoms with van der Waals surface area (Å²) in [7, 11) is 13.1. The van der Waals surface area contributed by atoms with Crippen molar-refractivity contribution in [2.75, 3.05) is 0 Å². The van der Waals surface area contributed by atoms with Crippen LogP contribution in [0.3, 0.4) is 0 Å². The molecule has 0 saturated heterocycles. The molecule has 5 aromatic rings. The average Bonchev–Trinajstić information content (AvgIpc) is 2.85. The first-order valence-corrected chi connectivity index (χ1v) is 19.8. The van der Waals surface area contributed by atoms with E-state index in [-0.39, 0.29) is 5.69 Å². The molecule has 0 fully saturated rings. The maximum absolute atomic E-state index is 11.0. The van der Waals surface area contributed by atoms with E-state index in [1.165, 1.54) is 6.07 Å². The number of nitro groups is 1. The summed E-state index contributed by atoms with van der Waals surface area (Å²) in [6, 6.07) is 28.4. The Morgan fingerprint density at radius 1 is 0.719 bits per heavy atom. The fourth-order valence-corrected chi connectivity index (χ4v) is 11.2. The fraction of sp³-hybridized carbons (Fsp3) is 0. The number of rotatable bonds is 3. The van der Waals surface area contributed by atoms with Crippen molar-refractivity contribution < 1.29 is 4.92 Å². The molecular weight excluding hydrogens is 552 g/mol. The number of halogens is 2. The molecule has 0 N–H and O–H groups in total. The third kappa shape index (κ3) is 4.70. The van der Waals surface area contributed by atoms with Crippen LogP contribution in [0.5, 0.6) is 0 Å². The molecule has 32 heavy (non-hydrogen) atoms. The van der Waals surface area contributed by atoms with Crippen LogP contribution >= 0.6 is 17.8 Å². The molecule has 5 rings (SSSR count). The van der Waals surface area contributed by atoms with Crippen molar-refractivity contribution in [1.29, 1.82) is 0 Å². The summed E-state index contributed by atoms with van der Waals surface area (Å²) in [4.78, 5) is 19.0. The second-order valence-electron chi connectivity index (χ2n) is 6.93. The van der Waals surface area contributed by atoms with Gasteiger partial charge in [-0.2, -0.15) is 0 Å². The Balaban J connectivity index is 0.000000155. The first kappa shape index (κ1) is 22.5. The second kappa shape index (κ2) is 9.81. The molecule has 0 radical (unpaired) electrons. The number of benzene rings is 3. The van der Waals surface area contributed by atoms with Crippen LogP contribution in [-0.4, -0.2) is 31.0 Å². The summed E-state index contributed by atoms with van der Waals surface area (Å²) in [6.45, 7) is 0. The Bertz CT molecular complexity index is 1340. The number of nitro benzene ring substituents is 1. The summed E-state index contributed by atoms with van der Waals surface area (Å²) in [5, 5.41) is 12.3. The van der Waals surface area contributed by atoms with Gasteiger partial charge in [0.25, 0.3) is 5.69 Å². The van der Waals surface area contributed by atoms with Gasteiger partial charge in [0, 0.05) is 23.8 Å². The Kier molecular flexibility index (Phi) is 6.88. The minimum atomic E-state index is -3.30. The van der Waals surface area contributed by atoms with Crippen LogP contribution < -0.4 is 7.16 Å². The molecule has 2 heterocycles. The molecule has 2 aromatic heterocycles. The van der Waals surface area contributed by atoms with Gasteiger partial charge < -0.3 is 0 Å². The van der Waals surface area contributed by atoms with E-state index in [0.29, 0.717) is 16.4 Å². The number of hydrogen-bond donors (Lipinski definition) is 0. The molecule has 0 aliphatic carbocycles. The quantitative estimate of drug-likeness (QED) is 0.126. The van der Waals surface area contributed by atoms with Crippen LogP contribution in [0.2, 0.25) is 0 Å². The number of nitrogens with zero attached hydrogens (tertiary/aromatic N) is 3. The molecule has 0 saturated carbocycles. The molecule has 158 valence electrons. The number of pyridine rings is 2. The van der Waals surface area contributed by atoms with Gasteiger partial charge in [0.1, 0.15) is 5.52 Å². The van der Waals surface area contributed by atoms with Crippen LogP contribution in [0.25, 0.3) is 21.8 Å². The van der Waals surface area contributed by atoms with Gasteiger partial charge in [-0.25, -0.2) is 0 Å². The van der Waals surface area contributed by atoms with Crippen LogP contribution in [-0.2, 0) is 0 Å². The third-order valence-electron chi connectivity index (χ3n) is 4.91. The predicted octanol–water partition coefficient (Wildman–Crippen LogP) is 5.41. The van der Waals surface area contributed by atoms with Crippen LogP contribution in [0.1, 0.15) is 0 Å². The molecule has 0 unspecified atom stereocenters. The van der Waals surface area contributed by atoms with Gasteiger partial charge in [0.2, 0.25) is 0 Å². The van der Waals surface area contributed by atoms with Gasteiger partial charge in [-0.05, 0) is 18.2 Å². The molecule has 5 nitrogen and oxygen atoms in total. The number of hydrogen-bond acceptors (Lipinski definition) is 4. The van der Waals surface area contributed by atoms with Crippen molar-refractivity contribution in [3.63, 3.8) is 0 Å². The topological polar surface area (TPSA) is 68.9 Å². The molecule has 0 aliphatic rings. The number of fused-ring (bicyclic) bond motifs is 3. The SMILES string of the molecule is O=[N+]([O-])c1cc2cccnc2c2ncccc12.[Cl][Sn]([Cl])([c]1ccccc1)[c]1ccccc1. The van der Waals surface area contributed by atoms with Crippen molar-refractivity contribution in [3.05, 3.63) is 114 Å². The summed E-state index contributed by atoms with van der Waals surface area (Å²) >= 11 is -3.30. The zero-order chi connectivity index (χ0) is 22.6.